The third-order valence-corrected chi connectivity index (χ3v) is 3.85. The zero-order chi connectivity index (χ0) is 14.8. The lowest BCUT2D eigenvalue weighted by Gasteiger charge is -2.36. The average molecular weight is 286 g/mol. The summed E-state index contributed by atoms with van der Waals surface area (Å²) in [6.07, 6.45) is 3.12. The molecule has 108 valence electrons. The van der Waals surface area contributed by atoms with E-state index in [0.717, 1.165) is 17.3 Å². The van der Waals surface area contributed by atoms with E-state index in [1.54, 1.807) is 0 Å². The van der Waals surface area contributed by atoms with Crippen molar-refractivity contribution in [2.45, 2.75) is 12.5 Å². The second-order valence-corrected chi connectivity index (χ2v) is 5.00. The van der Waals surface area contributed by atoms with Gasteiger partial charge in [0.05, 0.1) is 24.4 Å². The second kappa shape index (κ2) is 5.61. The Kier molecular flexibility index (Phi) is 3.66. The summed E-state index contributed by atoms with van der Waals surface area (Å²) >= 11 is 0. The molecule has 4 nitrogen and oxygen atoms in total. The monoisotopic (exact) mass is 286 g/mol. The topological polar surface area (TPSA) is 53.4 Å². The summed E-state index contributed by atoms with van der Waals surface area (Å²) in [4.78, 5) is 17.7. The smallest absolute Gasteiger partial charge is 0.257 e. The maximum atomic E-state index is 13.7. The maximum Gasteiger partial charge on any atom is 0.257 e. The number of carbonyl (C=O) groups is 1. The molecule has 21 heavy (non-hydrogen) atoms. The van der Waals surface area contributed by atoms with Gasteiger partial charge in [-0.25, -0.2) is 4.39 Å². The van der Waals surface area contributed by atoms with E-state index in [4.69, 9.17) is 0 Å². The van der Waals surface area contributed by atoms with Crippen LogP contribution in [0.3, 0.4) is 0 Å². The number of aliphatic hydroxyl groups excluding tert-OH is 1. The van der Waals surface area contributed by atoms with Crippen molar-refractivity contribution < 1.29 is 14.3 Å². The molecule has 0 saturated carbocycles. The van der Waals surface area contributed by atoms with Crippen LogP contribution in [0.5, 0.6) is 0 Å². The molecule has 5 heteroatoms. The Hall–Kier alpha value is -2.27. The maximum absolute atomic E-state index is 13.7. The minimum Gasteiger partial charge on any atom is -0.394 e. The van der Waals surface area contributed by atoms with Crippen LogP contribution in [0.25, 0.3) is 0 Å². The molecule has 1 N–H and O–H groups in total. The number of fused-ring (bicyclic) bond motifs is 1. The highest BCUT2D eigenvalue weighted by molar-refractivity contribution is 5.94. The summed E-state index contributed by atoms with van der Waals surface area (Å²) in [5, 5.41) is 9.67. The largest absolute Gasteiger partial charge is 0.394 e. The second-order valence-electron chi connectivity index (χ2n) is 5.00. The third kappa shape index (κ3) is 2.40. The molecule has 0 bridgehead atoms. The van der Waals surface area contributed by atoms with Crippen molar-refractivity contribution in [3.05, 3.63) is 65.2 Å². The van der Waals surface area contributed by atoms with Gasteiger partial charge in [-0.15, -0.1) is 0 Å². The van der Waals surface area contributed by atoms with Gasteiger partial charge in [-0.05, 0) is 23.6 Å². The predicted molar refractivity (Wildman–Crippen MR) is 75.2 cm³/mol. The molecule has 1 aliphatic heterocycles. The number of nitrogens with zero attached hydrogens (tertiary/aromatic N) is 2. The molecule has 1 aromatic carbocycles. The number of amides is 1. The lowest BCUT2D eigenvalue weighted by molar-refractivity contribution is 0.0564. The van der Waals surface area contributed by atoms with Crippen molar-refractivity contribution in [1.29, 1.82) is 0 Å². The van der Waals surface area contributed by atoms with Crippen molar-refractivity contribution >= 4 is 5.91 Å². The first-order valence-electron chi connectivity index (χ1n) is 6.81. The fraction of sp³-hybridized carbons (Fsp3) is 0.250. The number of rotatable bonds is 2. The normalized spacial score (nSPS) is 17.4. The zero-order valence-corrected chi connectivity index (χ0v) is 11.4. The molecule has 1 amide bonds. The van der Waals surface area contributed by atoms with Crippen LogP contribution in [0.2, 0.25) is 0 Å². The van der Waals surface area contributed by atoms with Crippen LogP contribution in [-0.4, -0.2) is 34.0 Å². The van der Waals surface area contributed by atoms with Gasteiger partial charge in [-0.1, -0.05) is 24.3 Å². The summed E-state index contributed by atoms with van der Waals surface area (Å²) in [5.41, 5.74) is 2.03. The van der Waals surface area contributed by atoms with E-state index in [-0.39, 0.29) is 12.2 Å². The Morgan fingerprint density at radius 3 is 2.95 bits per heavy atom. The van der Waals surface area contributed by atoms with Crippen molar-refractivity contribution in [3.63, 3.8) is 0 Å². The Morgan fingerprint density at radius 2 is 2.19 bits per heavy atom. The predicted octanol–water partition coefficient (Wildman–Crippen LogP) is 1.95. The highest BCUT2D eigenvalue weighted by Gasteiger charge is 2.31. The first kappa shape index (κ1) is 13.7. The van der Waals surface area contributed by atoms with Crippen LogP contribution in [-0.2, 0) is 6.42 Å². The Balaban J connectivity index is 1.96. The number of pyridine rings is 1. The van der Waals surface area contributed by atoms with Gasteiger partial charge < -0.3 is 10.0 Å². The number of aromatic nitrogens is 1. The van der Waals surface area contributed by atoms with Gasteiger partial charge in [0.2, 0.25) is 0 Å². The number of benzene rings is 1. The van der Waals surface area contributed by atoms with Crippen LogP contribution in [0.4, 0.5) is 4.39 Å². The molecule has 1 aromatic heterocycles. The van der Waals surface area contributed by atoms with Gasteiger partial charge in [-0.2, -0.15) is 0 Å². The van der Waals surface area contributed by atoms with E-state index in [0.29, 0.717) is 13.0 Å². The SMILES string of the molecule is O=C(c1ccncc1F)N1CCc2ccccc2[C@H]1CO. The molecule has 0 unspecified atom stereocenters. The van der Waals surface area contributed by atoms with Gasteiger partial charge in [0.1, 0.15) is 0 Å². The molecular formula is C16H15FN2O2. The van der Waals surface area contributed by atoms with Crippen LogP contribution in [0.1, 0.15) is 27.5 Å². The van der Waals surface area contributed by atoms with E-state index >= 15 is 0 Å². The number of hydrogen-bond donors (Lipinski definition) is 1. The zero-order valence-electron chi connectivity index (χ0n) is 11.4. The number of halogens is 1. The van der Waals surface area contributed by atoms with Crippen molar-refractivity contribution in [1.82, 2.24) is 9.88 Å². The van der Waals surface area contributed by atoms with E-state index in [9.17, 15) is 14.3 Å². The van der Waals surface area contributed by atoms with Crippen molar-refractivity contribution in [3.8, 4) is 0 Å². The van der Waals surface area contributed by atoms with Crippen LogP contribution < -0.4 is 0 Å². The summed E-state index contributed by atoms with van der Waals surface area (Å²) in [6.45, 7) is 0.276. The molecule has 1 aliphatic rings. The highest BCUT2D eigenvalue weighted by Crippen LogP contribution is 2.30. The first-order valence-corrected chi connectivity index (χ1v) is 6.81. The Labute approximate surface area is 121 Å². The van der Waals surface area contributed by atoms with E-state index < -0.39 is 17.8 Å². The van der Waals surface area contributed by atoms with Gasteiger partial charge in [-0.3, -0.25) is 9.78 Å². The van der Waals surface area contributed by atoms with Crippen LogP contribution >= 0.6 is 0 Å². The highest BCUT2D eigenvalue weighted by atomic mass is 19.1. The Bertz CT molecular complexity index is 675. The molecule has 0 fully saturated rings. The number of hydrogen-bond acceptors (Lipinski definition) is 3. The van der Waals surface area contributed by atoms with Gasteiger partial charge in [0, 0.05) is 12.7 Å². The number of carbonyl (C=O) groups excluding carboxylic acids is 1. The lowest BCUT2D eigenvalue weighted by atomic mass is 9.92. The molecule has 0 saturated heterocycles. The fourth-order valence-corrected chi connectivity index (χ4v) is 2.79. The first-order chi connectivity index (χ1) is 10.2. The molecule has 0 radical (unpaired) electrons. The molecule has 3 rings (SSSR count). The lowest BCUT2D eigenvalue weighted by Crippen LogP contribution is -2.42. The summed E-state index contributed by atoms with van der Waals surface area (Å²) in [6, 6.07) is 8.64. The molecule has 0 aliphatic carbocycles. The fourth-order valence-electron chi connectivity index (χ4n) is 2.79. The van der Waals surface area contributed by atoms with Crippen molar-refractivity contribution in [2.75, 3.05) is 13.2 Å². The quantitative estimate of drug-likeness (QED) is 0.918. The van der Waals surface area contributed by atoms with Crippen molar-refractivity contribution in [2.24, 2.45) is 0 Å². The summed E-state index contributed by atoms with van der Waals surface area (Å²) in [7, 11) is 0. The molecule has 2 aromatic rings. The molecule has 0 spiro atoms. The van der Waals surface area contributed by atoms with Crippen LogP contribution in [0, 0.1) is 5.82 Å². The minimum atomic E-state index is -0.641. The average Bonchev–Trinajstić information content (AvgIpc) is 2.53. The third-order valence-electron chi connectivity index (χ3n) is 3.85. The van der Waals surface area contributed by atoms with E-state index in [1.807, 2.05) is 24.3 Å². The Morgan fingerprint density at radius 1 is 1.38 bits per heavy atom. The van der Waals surface area contributed by atoms with E-state index in [1.165, 1.54) is 17.2 Å². The standard InChI is InChI=1S/C16H15FN2O2/c17-14-9-18-7-5-13(14)16(21)19-8-6-11-3-1-2-4-12(11)15(19)10-20/h1-5,7,9,15,20H,6,8,10H2/t15-/m1/s1. The van der Waals surface area contributed by atoms with Gasteiger partial charge in [0.15, 0.2) is 5.82 Å². The molecule has 2 heterocycles. The summed E-state index contributed by atoms with van der Waals surface area (Å²) in [5.74, 6) is -1.05. The summed E-state index contributed by atoms with van der Waals surface area (Å²) < 4.78 is 13.7. The van der Waals surface area contributed by atoms with E-state index in [2.05, 4.69) is 4.98 Å². The minimum absolute atomic E-state index is 0.0113. The van der Waals surface area contributed by atoms with Gasteiger partial charge >= 0.3 is 0 Å². The van der Waals surface area contributed by atoms with Gasteiger partial charge in [0.25, 0.3) is 5.91 Å². The number of aliphatic hydroxyl groups is 1. The molecular weight excluding hydrogens is 271 g/mol. The van der Waals surface area contributed by atoms with Crippen LogP contribution in [0.15, 0.2) is 42.7 Å². The molecule has 1 atom stereocenters.